The molecule has 0 fully saturated rings. The van der Waals surface area contributed by atoms with Crippen LogP contribution in [0.5, 0.6) is 0 Å². The van der Waals surface area contributed by atoms with Crippen molar-refractivity contribution < 1.29 is 9.90 Å². The van der Waals surface area contributed by atoms with E-state index in [1.54, 1.807) is 10.6 Å². The Morgan fingerprint density at radius 2 is 1.95 bits per heavy atom. The van der Waals surface area contributed by atoms with Gasteiger partial charge in [-0.3, -0.25) is 4.57 Å². The summed E-state index contributed by atoms with van der Waals surface area (Å²) in [5, 5.41) is 9.21. The average Bonchev–Trinajstić information content (AvgIpc) is 2.75. The zero-order valence-electron chi connectivity index (χ0n) is 10.5. The average molecular weight is 288 g/mol. The number of imidazole rings is 1. The molecule has 1 aromatic carbocycles. The van der Waals surface area contributed by atoms with Gasteiger partial charge in [0.2, 0.25) is 0 Å². The Bertz CT molecular complexity index is 826. The molecule has 0 aliphatic rings. The third-order valence-corrected chi connectivity index (χ3v) is 3.30. The number of para-hydroxylation sites is 2. The van der Waals surface area contributed by atoms with Crippen LogP contribution in [0.4, 0.5) is 0 Å². The number of aromatic carboxylic acids is 1. The highest BCUT2D eigenvalue weighted by Gasteiger charge is 2.15. The molecule has 2 aromatic heterocycles. The van der Waals surface area contributed by atoms with Gasteiger partial charge in [0.05, 0.1) is 16.1 Å². The quantitative estimate of drug-likeness (QED) is 0.786. The lowest BCUT2D eigenvalue weighted by Gasteiger charge is -2.07. The molecular formula is C14H10ClN3O2. The lowest BCUT2D eigenvalue weighted by Crippen LogP contribution is -2.07. The van der Waals surface area contributed by atoms with E-state index in [2.05, 4.69) is 9.97 Å². The zero-order chi connectivity index (χ0) is 14.3. The standard InChI is InChI=1S/C14H10ClN3O2/c1-8-16-10-4-2-3-5-11(10)18(8)12-7-6-9(15)13(17-12)14(19)20/h2-7H,1H3,(H,19,20). The molecule has 0 aliphatic carbocycles. The van der Waals surface area contributed by atoms with E-state index in [1.807, 2.05) is 31.2 Å². The van der Waals surface area contributed by atoms with E-state index in [0.717, 1.165) is 16.9 Å². The van der Waals surface area contributed by atoms with E-state index in [-0.39, 0.29) is 10.7 Å². The van der Waals surface area contributed by atoms with Gasteiger partial charge in [-0.2, -0.15) is 0 Å². The normalized spacial score (nSPS) is 10.9. The van der Waals surface area contributed by atoms with Crippen LogP contribution in [0.2, 0.25) is 5.02 Å². The van der Waals surface area contributed by atoms with Gasteiger partial charge < -0.3 is 5.11 Å². The van der Waals surface area contributed by atoms with Crippen LogP contribution in [0.25, 0.3) is 16.9 Å². The van der Waals surface area contributed by atoms with E-state index in [0.29, 0.717) is 5.82 Å². The van der Waals surface area contributed by atoms with Crippen molar-refractivity contribution in [2.75, 3.05) is 0 Å². The van der Waals surface area contributed by atoms with Crippen molar-refractivity contribution in [3.05, 3.63) is 52.9 Å². The summed E-state index contributed by atoms with van der Waals surface area (Å²) < 4.78 is 1.80. The van der Waals surface area contributed by atoms with Crippen LogP contribution in [-0.2, 0) is 0 Å². The molecule has 100 valence electrons. The number of aromatic nitrogens is 3. The molecule has 0 atom stereocenters. The number of hydrogen-bond acceptors (Lipinski definition) is 3. The Hall–Kier alpha value is -2.40. The first-order valence-corrected chi connectivity index (χ1v) is 6.30. The first-order valence-electron chi connectivity index (χ1n) is 5.92. The van der Waals surface area contributed by atoms with Crippen molar-refractivity contribution in [1.29, 1.82) is 0 Å². The minimum Gasteiger partial charge on any atom is -0.476 e. The molecule has 0 spiro atoms. The monoisotopic (exact) mass is 287 g/mol. The number of nitrogens with zero attached hydrogens (tertiary/aromatic N) is 3. The molecule has 0 saturated heterocycles. The molecule has 2 heterocycles. The molecule has 6 heteroatoms. The molecule has 0 unspecified atom stereocenters. The Balaban J connectivity index is 2.28. The predicted molar refractivity (Wildman–Crippen MR) is 75.6 cm³/mol. The second kappa shape index (κ2) is 4.61. The molecule has 3 aromatic rings. The molecular weight excluding hydrogens is 278 g/mol. The van der Waals surface area contributed by atoms with Crippen LogP contribution >= 0.6 is 11.6 Å². The number of carboxylic acid groups (broad SMARTS) is 1. The van der Waals surface area contributed by atoms with Gasteiger partial charge in [-0.25, -0.2) is 14.8 Å². The molecule has 5 nitrogen and oxygen atoms in total. The maximum Gasteiger partial charge on any atom is 0.356 e. The highest BCUT2D eigenvalue weighted by molar-refractivity contribution is 6.33. The van der Waals surface area contributed by atoms with E-state index >= 15 is 0 Å². The van der Waals surface area contributed by atoms with Crippen molar-refractivity contribution in [2.24, 2.45) is 0 Å². The van der Waals surface area contributed by atoms with Gasteiger partial charge in [0, 0.05) is 0 Å². The first-order chi connectivity index (χ1) is 9.58. The molecule has 0 amide bonds. The maximum absolute atomic E-state index is 11.1. The largest absolute Gasteiger partial charge is 0.476 e. The van der Waals surface area contributed by atoms with Crippen molar-refractivity contribution >= 4 is 28.6 Å². The Labute approximate surface area is 119 Å². The molecule has 0 bridgehead atoms. The fourth-order valence-corrected chi connectivity index (χ4v) is 2.33. The summed E-state index contributed by atoms with van der Waals surface area (Å²) in [6, 6.07) is 10.8. The van der Waals surface area contributed by atoms with Crippen molar-refractivity contribution in [3.63, 3.8) is 0 Å². The summed E-state index contributed by atoms with van der Waals surface area (Å²) >= 11 is 5.84. The summed E-state index contributed by atoms with van der Waals surface area (Å²) in [6.07, 6.45) is 0. The lowest BCUT2D eigenvalue weighted by atomic mass is 10.3. The second-order valence-corrected chi connectivity index (χ2v) is 4.70. The van der Waals surface area contributed by atoms with Crippen LogP contribution in [0.3, 0.4) is 0 Å². The zero-order valence-corrected chi connectivity index (χ0v) is 11.3. The maximum atomic E-state index is 11.1. The number of halogens is 1. The Morgan fingerprint density at radius 3 is 2.70 bits per heavy atom. The number of hydrogen-bond donors (Lipinski definition) is 1. The van der Waals surface area contributed by atoms with Gasteiger partial charge in [-0.05, 0) is 31.2 Å². The van der Waals surface area contributed by atoms with Gasteiger partial charge in [-0.1, -0.05) is 23.7 Å². The third kappa shape index (κ3) is 1.92. The Morgan fingerprint density at radius 1 is 1.20 bits per heavy atom. The van der Waals surface area contributed by atoms with Crippen molar-refractivity contribution in [2.45, 2.75) is 6.92 Å². The highest BCUT2D eigenvalue weighted by Crippen LogP contribution is 2.22. The van der Waals surface area contributed by atoms with Crippen molar-refractivity contribution in [3.8, 4) is 5.82 Å². The van der Waals surface area contributed by atoms with Crippen LogP contribution in [0, 0.1) is 6.92 Å². The number of fused-ring (bicyclic) bond motifs is 1. The number of carboxylic acids is 1. The SMILES string of the molecule is Cc1nc2ccccc2n1-c1ccc(Cl)c(C(=O)O)n1. The summed E-state index contributed by atoms with van der Waals surface area (Å²) in [7, 11) is 0. The predicted octanol–water partition coefficient (Wildman–Crippen LogP) is 3.08. The summed E-state index contributed by atoms with van der Waals surface area (Å²) in [5.41, 5.74) is 1.54. The Kier molecular flexibility index (Phi) is 2.91. The molecule has 0 radical (unpaired) electrons. The van der Waals surface area contributed by atoms with Gasteiger partial charge in [0.25, 0.3) is 0 Å². The van der Waals surface area contributed by atoms with Gasteiger partial charge >= 0.3 is 5.97 Å². The topological polar surface area (TPSA) is 68.0 Å². The number of aryl methyl sites for hydroxylation is 1. The van der Waals surface area contributed by atoms with Gasteiger partial charge in [0.15, 0.2) is 5.69 Å². The lowest BCUT2D eigenvalue weighted by molar-refractivity contribution is 0.0690. The summed E-state index contributed by atoms with van der Waals surface area (Å²) in [4.78, 5) is 19.7. The molecule has 0 aliphatic heterocycles. The fraction of sp³-hybridized carbons (Fsp3) is 0.0714. The number of rotatable bonds is 2. The molecule has 3 rings (SSSR count). The number of pyridine rings is 1. The first kappa shape index (κ1) is 12.6. The van der Waals surface area contributed by atoms with Gasteiger partial charge in [-0.15, -0.1) is 0 Å². The van der Waals surface area contributed by atoms with E-state index in [9.17, 15) is 4.79 Å². The smallest absolute Gasteiger partial charge is 0.356 e. The third-order valence-electron chi connectivity index (χ3n) is 2.99. The second-order valence-electron chi connectivity index (χ2n) is 4.29. The number of benzene rings is 1. The molecule has 1 N–H and O–H groups in total. The van der Waals surface area contributed by atoms with Crippen molar-refractivity contribution in [1.82, 2.24) is 14.5 Å². The molecule has 0 saturated carbocycles. The van der Waals surface area contributed by atoms with E-state index in [4.69, 9.17) is 16.7 Å². The summed E-state index contributed by atoms with van der Waals surface area (Å²) in [5.74, 6) is 0.0642. The minimum absolute atomic E-state index is 0.114. The van der Waals surface area contributed by atoms with E-state index in [1.165, 1.54) is 6.07 Å². The summed E-state index contributed by atoms with van der Waals surface area (Å²) in [6.45, 7) is 1.84. The molecule has 20 heavy (non-hydrogen) atoms. The van der Waals surface area contributed by atoms with Crippen LogP contribution < -0.4 is 0 Å². The van der Waals surface area contributed by atoms with E-state index < -0.39 is 5.97 Å². The van der Waals surface area contributed by atoms with Gasteiger partial charge in [0.1, 0.15) is 11.6 Å². The minimum atomic E-state index is -1.15. The number of carbonyl (C=O) groups is 1. The van der Waals surface area contributed by atoms with Crippen LogP contribution in [0.1, 0.15) is 16.3 Å². The highest BCUT2D eigenvalue weighted by atomic mass is 35.5. The fourth-order valence-electron chi connectivity index (χ4n) is 2.14. The van der Waals surface area contributed by atoms with Crippen LogP contribution in [0.15, 0.2) is 36.4 Å². The van der Waals surface area contributed by atoms with Crippen LogP contribution in [-0.4, -0.2) is 25.6 Å².